The predicted octanol–water partition coefficient (Wildman–Crippen LogP) is 3.07. The Hall–Kier alpha value is -2.61. The Kier molecular flexibility index (Phi) is 4.16. The van der Waals surface area contributed by atoms with Gasteiger partial charge < -0.3 is 11.1 Å². The van der Waals surface area contributed by atoms with Crippen molar-refractivity contribution in [3.8, 4) is 6.07 Å². The largest absolute Gasteiger partial charge is 0.396 e. The molecule has 2 rings (SSSR count). The van der Waals surface area contributed by atoms with Crippen LogP contribution in [0.3, 0.4) is 0 Å². The quantitative estimate of drug-likeness (QED) is 0.841. The molecule has 20 heavy (non-hydrogen) atoms. The molecule has 2 aromatic carbocycles. The number of nitriles is 1. The van der Waals surface area contributed by atoms with E-state index in [1.165, 1.54) is 12.1 Å². The molecule has 3 nitrogen and oxygen atoms in total. The van der Waals surface area contributed by atoms with Crippen LogP contribution >= 0.6 is 0 Å². The molecule has 0 aliphatic carbocycles. The summed E-state index contributed by atoms with van der Waals surface area (Å²) in [6, 6.07) is 10.5. The SMILES string of the molecule is N#Cc1cccc(NCCc2cc(F)cc(F)c2)c1N. The lowest BCUT2D eigenvalue weighted by Crippen LogP contribution is -2.08. The van der Waals surface area contributed by atoms with Gasteiger partial charge in [0.15, 0.2) is 0 Å². The van der Waals surface area contributed by atoms with Gasteiger partial charge in [0.1, 0.15) is 17.7 Å². The summed E-state index contributed by atoms with van der Waals surface area (Å²) in [4.78, 5) is 0. The molecule has 0 aliphatic rings. The maximum Gasteiger partial charge on any atom is 0.126 e. The summed E-state index contributed by atoms with van der Waals surface area (Å²) < 4.78 is 26.0. The van der Waals surface area contributed by atoms with Crippen molar-refractivity contribution >= 4 is 11.4 Å². The number of anilines is 2. The van der Waals surface area contributed by atoms with Gasteiger partial charge in [-0.05, 0) is 36.2 Å². The van der Waals surface area contributed by atoms with E-state index in [4.69, 9.17) is 11.0 Å². The van der Waals surface area contributed by atoms with Gasteiger partial charge in [0.2, 0.25) is 0 Å². The highest BCUT2D eigenvalue weighted by atomic mass is 19.1. The fraction of sp³-hybridized carbons (Fsp3) is 0.133. The average Bonchev–Trinajstić information content (AvgIpc) is 2.39. The molecule has 0 aliphatic heterocycles. The molecule has 3 N–H and O–H groups in total. The van der Waals surface area contributed by atoms with Crippen molar-refractivity contribution in [1.82, 2.24) is 0 Å². The van der Waals surface area contributed by atoms with Gasteiger partial charge in [-0.1, -0.05) is 6.07 Å². The van der Waals surface area contributed by atoms with Crippen LogP contribution in [-0.4, -0.2) is 6.54 Å². The highest BCUT2D eigenvalue weighted by Crippen LogP contribution is 2.21. The third-order valence-corrected chi connectivity index (χ3v) is 2.88. The number of para-hydroxylation sites is 1. The zero-order valence-electron chi connectivity index (χ0n) is 10.7. The smallest absolute Gasteiger partial charge is 0.126 e. The van der Waals surface area contributed by atoms with E-state index in [0.717, 1.165) is 6.07 Å². The number of nitrogens with two attached hydrogens (primary N) is 1. The van der Waals surface area contributed by atoms with Gasteiger partial charge in [-0.2, -0.15) is 5.26 Å². The molecule has 102 valence electrons. The second kappa shape index (κ2) is 6.02. The molecular weight excluding hydrogens is 260 g/mol. The summed E-state index contributed by atoms with van der Waals surface area (Å²) >= 11 is 0. The minimum Gasteiger partial charge on any atom is -0.396 e. The van der Waals surface area contributed by atoms with E-state index in [1.54, 1.807) is 18.2 Å². The number of nitrogens with zero attached hydrogens (tertiary/aromatic N) is 1. The zero-order chi connectivity index (χ0) is 14.5. The van der Waals surface area contributed by atoms with E-state index < -0.39 is 11.6 Å². The lowest BCUT2D eigenvalue weighted by molar-refractivity contribution is 0.580. The monoisotopic (exact) mass is 273 g/mol. The van der Waals surface area contributed by atoms with Gasteiger partial charge >= 0.3 is 0 Å². The molecule has 0 heterocycles. The molecule has 0 bridgehead atoms. The van der Waals surface area contributed by atoms with Crippen LogP contribution in [0.5, 0.6) is 0 Å². The number of hydrogen-bond acceptors (Lipinski definition) is 3. The van der Waals surface area contributed by atoms with Crippen molar-refractivity contribution in [3.05, 3.63) is 59.2 Å². The topological polar surface area (TPSA) is 61.8 Å². The molecule has 5 heteroatoms. The van der Waals surface area contributed by atoms with Gasteiger partial charge in [0.25, 0.3) is 0 Å². The number of nitrogens with one attached hydrogen (secondary N) is 1. The van der Waals surface area contributed by atoms with Crippen LogP contribution < -0.4 is 11.1 Å². The molecular formula is C15H13F2N3. The Morgan fingerprint density at radius 1 is 1.15 bits per heavy atom. The van der Waals surface area contributed by atoms with Crippen LogP contribution in [-0.2, 0) is 6.42 Å². The van der Waals surface area contributed by atoms with Crippen LogP contribution in [0.1, 0.15) is 11.1 Å². The molecule has 0 aromatic heterocycles. The van der Waals surface area contributed by atoms with E-state index in [2.05, 4.69) is 5.32 Å². The average molecular weight is 273 g/mol. The fourth-order valence-corrected chi connectivity index (χ4v) is 1.91. The van der Waals surface area contributed by atoms with Crippen LogP contribution in [0.15, 0.2) is 36.4 Å². The van der Waals surface area contributed by atoms with E-state index in [-0.39, 0.29) is 0 Å². The minimum absolute atomic E-state index is 0.375. The summed E-state index contributed by atoms with van der Waals surface area (Å²) in [6.45, 7) is 0.460. The molecule has 0 radical (unpaired) electrons. The summed E-state index contributed by atoms with van der Waals surface area (Å²) in [5.41, 5.74) is 7.79. The molecule has 0 saturated carbocycles. The molecule has 0 atom stereocenters. The van der Waals surface area contributed by atoms with Crippen molar-refractivity contribution < 1.29 is 8.78 Å². The van der Waals surface area contributed by atoms with E-state index in [1.807, 2.05) is 6.07 Å². The van der Waals surface area contributed by atoms with Crippen molar-refractivity contribution in [2.75, 3.05) is 17.6 Å². The first kappa shape index (κ1) is 13.8. The number of halogens is 2. The summed E-state index contributed by atoms with van der Waals surface area (Å²) in [5.74, 6) is -1.18. The summed E-state index contributed by atoms with van der Waals surface area (Å²) in [6.07, 6.45) is 0.449. The van der Waals surface area contributed by atoms with Crippen molar-refractivity contribution in [2.45, 2.75) is 6.42 Å². The minimum atomic E-state index is -0.592. The normalized spacial score (nSPS) is 10.1. The Labute approximate surface area is 115 Å². The Balaban J connectivity index is 2.01. The maximum absolute atomic E-state index is 13.0. The standard InChI is InChI=1S/C15H13F2N3/c16-12-6-10(7-13(17)8-12)4-5-20-14-3-1-2-11(9-18)15(14)19/h1-3,6-8,20H,4-5,19H2. The third kappa shape index (κ3) is 3.23. The van der Waals surface area contributed by atoms with E-state index in [0.29, 0.717) is 35.5 Å². The molecule has 2 aromatic rings. The molecule has 0 saturated heterocycles. The van der Waals surface area contributed by atoms with Crippen LogP contribution in [0.4, 0.5) is 20.2 Å². The molecule has 0 unspecified atom stereocenters. The fourth-order valence-electron chi connectivity index (χ4n) is 1.91. The zero-order valence-corrected chi connectivity index (χ0v) is 10.7. The lowest BCUT2D eigenvalue weighted by Gasteiger charge is -2.10. The number of benzene rings is 2. The van der Waals surface area contributed by atoms with Gasteiger partial charge in [0.05, 0.1) is 16.9 Å². The van der Waals surface area contributed by atoms with Gasteiger partial charge in [-0.25, -0.2) is 8.78 Å². The van der Waals surface area contributed by atoms with Gasteiger partial charge in [-0.3, -0.25) is 0 Å². The van der Waals surface area contributed by atoms with E-state index >= 15 is 0 Å². The van der Waals surface area contributed by atoms with Gasteiger partial charge in [-0.15, -0.1) is 0 Å². The Morgan fingerprint density at radius 2 is 1.85 bits per heavy atom. The molecule has 0 spiro atoms. The van der Waals surface area contributed by atoms with Crippen molar-refractivity contribution in [1.29, 1.82) is 5.26 Å². The third-order valence-electron chi connectivity index (χ3n) is 2.88. The van der Waals surface area contributed by atoms with E-state index in [9.17, 15) is 8.78 Å². The summed E-state index contributed by atoms with van der Waals surface area (Å²) in [5, 5.41) is 11.9. The Morgan fingerprint density at radius 3 is 2.50 bits per heavy atom. The number of nitrogen functional groups attached to an aromatic ring is 1. The first-order valence-electron chi connectivity index (χ1n) is 6.07. The second-order valence-corrected chi connectivity index (χ2v) is 4.33. The van der Waals surface area contributed by atoms with Crippen molar-refractivity contribution in [3.63, 3.8) is 0 Å². The molecule has 0 amide bonds. The van der Waals surface area contributed by atoms with Crippen molar-refractivity contribution in [2.24, 2.45) is 0 Å². The number of hydrogen-bond donors (Lipinski definition) is 2. The number of rotatable bonds is 4. The first-order chi connectivity index (χ1) is 9.60. The highest BCUT2D eigenvalue weighted by Gasteiger charge is 2.04. The molecule has 0 fully saturated rings. The van der Waals surface area contributed by atoms with Crippen LogP contribution in [0.25, 0.3) is 0 Å². The lowest BCUT2D eigenvalue weighted by atomic mass is 10.1. The van der Waals surface area contributed by atoms with Crippen LogP contribution in [0.2, 0.25) is 0 Å². The van der Waals surface area contributed by atoms with Gasteiger partial charge in [0, 0.05) is 12.6 Å². The highest BCUT2D eigenvalue weighted by molar-refractivity contribution is 5.72. The second-order valence-electron chi connectivity index (χ2n) is 4.33. The summed E-state index contributed by atoms with van der Waals surface area (Å²) in [7, 11) is 0. The first-order valence-corrected chi connectivity index (χ1v) is 6.07. The van der Waals surface area contributed by atoms with Crippen LogP contribution in [0, 0.1) is 23.0 Å². The Bertz CT molecular complexity index is 642. The predicted molar refractivity (Wildman–Crippen MR) is 74.1 cm³/mol. The maximum atomic E-state index is 13.0.